The maximum Gasteiger partial charge on any atom is 0.256 e. The number of thioether (sulfide) groups is 1. The van der Waals surface area contributed by atoms with Crippen molar-refractivity contribution in [3.8, 4) is 16.6 Å². The van der Waals surface area contributed by atoms with E-state index in [4.69, 9.17) is 9.47 Å². The minimum Gasteiger partial charge on any atom is -0.454 e. The predicted octanol–water partition coefficient (Wildman–Crippen LogP) is 4.88. The summed E-state index contributed by atoms with van der Waals surface area (Å²) in [5.41, 5.74) is 2.19. The fraction of sp³-hybridized carbons (Fsp3) is 0.190. The van der Waals surface area contributed by atoms with Crippen molar-refractivity contribution in [2.24, 2.45) is 0 Å². The van der Waals surface area contributed by atoms with E-state index in [2.05, 4.69) is 22.3 Å². The van der Waals surface area contributed by atoms with Gasteiger partial charge in [0.1, 0.15) is 5.82 Å². The van der Waals surface area contributed by atoms with E-state index in [0.717, 1.165) is 26.6 Å². The van der Waals surface area contributed by atoms with Crippen LogP contribution in [0.1, 0.15) is 23.0 Å². The number of rotatable bonds is 5. The van der Waals surface area contributed by atoms with Gasteiger partial charge in [0.15, 0.2) is 11.5 Å². The van der Waals surface area contributed by atoms with Gasteiger partial charge in [-0.25, -0.2) is 4.98 Å². The maximum atomic E-state index is 12.9. The highest BCUT2D eigenvalue weighted by Gasteiger charge is 2.19. The lowest BCUT2D eigenvalue weighted by atomic mass is 10.2. The molecule has 0 atom stereocenters. The molecule has 2 aromatic heterocycles. The molecule has 9 heteroatoms. The lowest BCUT2D eigenvalue weighted by Crippen LogP contribution is -2.15. The largest absolute Gasteiger partial charge is 0.454 e. The zero-order valence-corrected chi connectivity index (χ0v) is 18.0. The molecule has 0 fully saturated rings. The van der Waals surface area contributed by atoms with Gasteiger partial charge in [0.05, 0.1) is 15.9 Å². The van der Waals surface area contributed by atoms with Gasteiger partial charge in [0, 0.05) is 28.7 Å². The Morgan fingerprint density at radius 2 is 2.07 bits per heavy atom. The molecule has 0 bridgehead atoms. The van der Waals surface area contributed by atoms with Crippen LogP contribution in [0.5, 0.6) is 11.5 Å². The summed E-state index contributed by atoms with van der Waals surface area (Å²) in [5, 5.41) is 8.17. The van der Waals surface area contributed by atoms with Crippen LogP contribution in [0.15, 0.2) is 47.4 Å². The first-order chi connectivity index (χ1) is 14.6. The number of ether oxygens (including phenoxy) is 2. The Kier molecular flexibility index (Phi) is 4.84. The Balaban J connectivity index is 1.46. The number of amides is 1. The Labute approximate surface area is 181 Å². The van der Waals surface area contributed by atoms with Gasteiger partial charge in [-0.3, -0.25) is 4.79 Å². The van der Waals surface area contributed by atoms with E-state index in [1.54, 1.807) is 16.4 Å². The van der Waals surface area contributed by atoms with Crippen LogP contribution in [-0.4, -0.2) is 33.2 Å². The van der Waals surface area contributed by atoms with Crippen molar-refractivity contribution >= 4 is 45.0 Å². The van der Waals surface area contributed by atoms with Gasteiger partial charge in [-0.2, -0.15) is 9.78 Å². The molecule has 5 rings (SSSR count). The van der Waals surface area contributed by atoms with E-state index < -0.39 is 0 Å². The topological polar surface area (TPSA) is 78.3 Å². The third-order valence-electron chi connectivity index (χ3n) is 4.53. The Hall–Kier alpha value is -3.04. The number of nitrogens with one attached hydrogen (secondary N) is 1. The molecular formula is C21H18N4O3S2. The van der Waals surface area contributed by atoms with Crippen LogP contribution in [0, 0.1) is 6.92 Å². The summed E-state index contributed by atoms with van der Waals surface area (Å²) in [6.45, 7) is 4.20. The highest BCUT2D eigenvalue weighted by molar-refractivity contribution is 7.99. The summed E-state index contributed by atoms with van der Waals surface area (Å²) in [4.78, 5) is 18.6. The Morgan fingerprint density at radius 1 is 1.23 bits per heavy atom. The van der Waals surface area contributed by atoms with Crippen molar-refractivity contribution in [1.29, 1.82) is 0 Å². The fourth-order valence-electron chi connectivity index (χ4n) is 3.21. The molecule has 1 aliphatic heterocycles. The average molecular weight is 439 g/mol. The van der Waals surface area contributed by atoms with Crippen LogP contribution in [0.25, 0.3) is 15.3 Å². The van der Waals surface area contributed by atoms with Crippen LogP contribution >= 0.6 is 23.1 Å². The number of carbonyl (C=O) groups excluding carboxylic acids is 1. The van der Waals surface area contributed by atoms with Crippen LogP contribution in [0.4, 0.5) is 5.82 Å². The molecule has 0 aliphatic carbocycles. The molecule has 0 spiro atoms. The Morgan fingerprint density at radius 3 is 2.90 bits per heavy atom. The van der Waals surface area contributed by atoms with Crippen LogP contribution in [0.2, 0.25) is 0 Å². The normalized spacial score (nSPS) is 12.5. The van der Waals surface area contributed by atoms with E-state index in [0.29, 0.717) is 28.0 Å². The number of hydrogen-bond donors (Lipinski definition) is 1. The molecule has 2 aromatic carbocycles. The molecule has 3 heterocycles. The molecule has 0 saturated heterocycles. The minimum absolute atomic E-state index is 0.184. The third-order valence-corrected chi connectivity index (χ3v) is 6.40. The second kappa shape index (κ2) is 7.66. The number of aromatic nitrogens is 3. The average Bonchev–Trinajstić information content (AvgIpc) is 3.44. The summed E-state index contributed by atoms with van der Waals surface area (Å²) < 4.78 is 13.5. The van der Waals surface area contributed by atoms with E-state index >= 15 is 0 Å². The third kappa shape index (κ3) is 3.50. The SMILES string of the molecule is CCSc1cccc(C(=O)Nc2cc(C)nn2-c2nc3cc4c(cc3s2)OCO4)c1. The number of hydrogen-bond acceptors (Lipinski definition) is 7. The van der Waals surface area contributed by atoms with Gasteiger partial charge < -0.3 is 14.8 Å². The first kappa shape index (κ1) is 19.0. The van der Waals surface area contributed by atoms with Crippen LogP contribution < -0.4 is 14.8 Å². The first-order valence-corrected chi connectivity index (χ1v) is 11.2. The molecule has 1 amide bonds. The molecule has 0 radical (unpaired) electrons. The first-order valence-electron chi connectivity index (χ1n) is 9.42. The van der Waals surface area contributed by atoms with Crippen molar-refractivity contribution in [1.82, 2.24) is 14.8 Å². The number of anilines is 1. The number of thiazole rings is 1. The van der Waals surface area contributed by atoms with Gasteiger partial charge in [-0.1, -0.05) is 24.3 Å². The van der Waals surface area contributed by atoms with Gasteiger partial charge in [0.25, 0.3) is 5.91 Å². The molecule has 4 aromatic rings. The zero-order valence-electron chi connectivity index (χ0n) is 16.3. The van der Waals surface area contributed by atoms with Crippen molar-refractivity contribution < 1.29 is 14.3 Å². The highest BCUT2D eigenvalue weighted by atomic mass is 32.2. The fourth-order valence-corrected chi connectivity index (χ4v) is 4.87. The Bertz CT molecular complexity index is 1220. The summed E-state index contributed by atoms with van der Waals surface area (Å²) in [5.74, 6) is 2.75. The molecule has 7 nitrogen and oxygen atoms in total. The molecule has 1 N–H and O–H groups in total. The monoisotopic (exact) mass is 438 g/mol. The number of carbonyl (C=O) groups is 1. The predicted molar refractivity (Wildman–Crippen MR) is 118 cm³/mol. The number of fused-ring (bicyclic) bond motifs is 2. The zero-order chi connectivity index (χ0) is 20.7. The summed E-state index contributed by atoms with van der Waals surface area (Å²) in [7, 11) is 0. The van der Waals surface area contributed by atoms with Crippen molar-refractivity contribution in [3.05, 3.63) is 53.7 Å². The van der Waals surface area contributed by atoms with Crippen molar-refractivity contribution in [3.63, 3.8) is 0 Å². The van der Waals surface area contributed by atoms with E-state index in [-0.39, 0.29) is 12.7 Å². The lowest BCUT2D eigenvalue weighted by Gasteiger charge is -2.07. The highest BCUT2D eigenvalue weighted by Crippen LogP contribution is 2.39. The smallest absolute Gasteiger partial charge is 0.256 e. The lowest BCUT2D eigenvalue weighted by molar-refractivity contribution is 0.102. The molecule has 30 heavy (non-hydrogen) atoms. The number of nitrogens with zero attached hydrogens (tertiary/aromatic N) is 3. The van der Waals surface area contributed by atoms with Crippen LogP contribution in [0.3, 0.4) is 0 Å². The van der Waals surface area contributed by atoms with Gasteiger partial charge in [-0.15, -0.1) is 11.8 Å². The molecule has 0 saturated carbocycles. The maximum absolute atomic E-state index is 12.9. The molecule has 152 valence electrons. The van der Waals surface area contributed by atoms with Crippen LogP contribution in [-0.2, 0) is 0 Å². The van der Waals surface area contributed by atoms with Gasteiger partial charge >= 0.3 is 0 Å². The second-order valence-electron chi connectivity index (χ2n) is 6.67. The minimum atomic E-state index is -0.184. The van der Waals surface area contributed by atoms with E-state index in [9.17, 15) is 4.79 Å². The summed E-state index contributed by atoms with van der Waals surface area (Å²) in [6, 6.07) is 13.2. The van der Waals surface area contributed by atoms with Crippen molar-refractivity contribution in [2.75, 3.05) is 17.9 Å². The van der Waals surface area contributed by atoms with E-state index in [1.807, 2.05) is 49.4 Å². The van der Waals surface area contributed by atoms with E-state index in [1.165, 1.54) is 11.3 Å². The standard InChI is InChI=1S/C21H18N4O3S2/c1-3-29-14-6-4-5-13(8-14)20(26)23-19-7-12(2)24-25(19)21-22-15-9-16-17(28-11-27-16)10-18(15)30-21/h4-10H,3,11H2,1-2H3,(H,23,26). The van der Waals surface area contributed by atoms with Gasteiger partial charge in [-0.05, 0) is 30.9 Å². The molecular weight excluding hydrogens is 420 g/mol. The number of aryl methyl sites for hydroxylation is 1. The van der Waals surface area contributed by atoms with Gasteiger partial charge in [0.2, 0.25) is 11.9 Å². The summed E-state index contributed by atoms with van der Waals surface area (Å²) in [6.07, 6.45) is 0. The summed E-state index contributed by atoms with van der Waals surface area (Å²) >= 11 is 3.18. The molecule has 1 aliphatic rings. The molecule has 0 unspecified atom stereocenters. The number of benzene rings is 2. The van der Waals surface area contributed by atoms with Crippen molar-refractivity contribution in [2.45, 2.75) is 18.7 Å². The quantitative estimate of drug-likeness (QED) is 0.447. The second-order valence-corrected chi connectivity index (χ2v) is 9.01.